The lowest BCUT2D eigenvalue weighted by molar-refractivity contribution is -0.122. The summed E-state index contributed by atoms with van der Waals surface area (Å²) < 4.78 is 12.5. The van der Waals surface area contributed by atoms with E-state index in [0.29, 0.717) is 28.7 Å². The number of urea groups is 1. The molecule has 9 heteroatoms. The monoisotopic (exact) mass is 588 g/mol. The standard InChI is InChI=1S/C25H18ClIN2O5/c1-33-22-12-16(7-10-21(22)34-14-15-5-8-18(27)9-6-15)11-20-23(30)28-25(32)29(24(20)31)19-4-2-3-17(26)13-19/h2-13H,14H2,1H3,(H,28,30,32)/b20-11+. The number of anilines is 1. The Hall–Kier alpha value is -3.37. The minimum absolute atomic E-state index is 0.200. The van der Waals surface area contributed by atoms with Crippen LogP contribution in [0, 0.1) is 3.57 Å². The maximum atomic E-state index is 13.0. The Labute approximate surface area is 214 Å². The first-order chi connectivity index (χ1) is 16.4. The van der Waals surface area contributed by atoms with E-state index < -0.39 is 17.8 Å². The van der Waals surface area contributed by atoms with Crippen molar-refractivity contribution in [3.63, 3.8) is 0 Å². The molecule has 4 amide bonds. The number of methoxy groups -OCH3 is 1. The van der Waals surface area contributed by atoms with Crippen LogP contribution in [0.15, 0.2) is 72.3 Å². The zero-order valence-electron chi connectivity index (χ0n) is 17.9. The van der Waals surface area contributed by atoms with Crippen molar-refractivity contribution in [2.24, 2.45) is 0 Å². The van der Waals surface area contributed by atoms with Crippen LogP contribution in [0.3, 0.4) is 0 Å². The molecule has 0 spiro atoms. The summed E-state index contributed by atoms with van der Waals surface area (Å²) in [4.78, 5) is 38.7. The van der Waals surface area contributed by atoms with Crippen LogP contribution in [-0.4, -0.2) is 25.0 Å². The number of barbiturate groups is 1. The third-order valence-corrected chi connectivity index (χ3v) is 5.93. The van der Waals surface area contributed by atoms with Gasteiger partial charge in [0.15, 0.2) is 11.5 Å². The van der Waals surface area contributed by atoms with Crippen LogP contribution >= 0.6 is 34.2 Å². The molecule has 7 nitrogen and oxygen atoms in total. The average Bonchev–Trinajstić information content (AvgIpc) is 2.81. The zero-order valence-corrected chi connectivity index (χ0v) is 20.8. The number of nitrogens with zero attached hydrogens (tertiary/aromatic N) is 1. The van der Waals surface area contributed by atoms with E-state index in [2.05, 4.69) is 27.9 Å². The first-order valence-electron chi connectivity index (χ1n) is 10.1. The van der Waals surface area contributed by atoms with E-state index in [-0.39, 0.29) is 11.3 Å². The quantitative estimate of drug-likeness (QED) is 0.243. The molecule has 0 radical (unpaired) electrons. The summed E-state index contributed by atoms with van der Waals surface area (Å²) in [7, 11) is 1.50. The summed E-state index contributed by atoms with van der Waals surface area (Å²) >= 11 is 8.23. The second-order valence-electron chi connectivity index (χ2n) is 7.26. The van der Waals surface area contributed by atoms with Crippen LogP contribution < -0.4 is 19.7 Å². The highest BCUT2D eigenvalue weighted by molar-refractivity contribution is 14.1. The fourth-order valence-electron chi connectivity index (χ4n) is 3.31. The van der Waals surface area contributed by atoms with Gasteiger partial charge in [-0.15, -0.1) is 0 Å². The molecule has 4 rings (SSSR count). The lowest BCUT2D eigenvalue weighted by atomic mass is 10.1. The molecule has 1 aliphatic rings. The molecule has 34 heavy (non-hydrogen) atoms. The number of hydrogen-bond acceptors (Lipinski definition) is 5. The van der Waals surface area contributed by atoms with Crippen LogP contribution in [-0.2, 0) is 16.2 Å². The van der Waals surface area contributed by atoms with Gasteiger partial charge in [0, 0.05) is 8.59 Å². The van der Waals surface area contributed by atoms with E-state index >= 15 is 0 Å². The van der Waals surface area contributed by atoms with E-state index in [0.717, 1.165) is 14.0 Å². The van der Waals surface area contributed by atoms with E-state index in [1.807, 2.05) is 24.3 Å². The van der Waals surface area contributed by atoms with Gasteiger partial charge in [0.2, 0.25) is 0 Å². The number of amides is 4. The molecule has 1 heterocycles. The number of halogens is 2. The van der Waals surface area contributed by atoms with Gasteiger partial charge in [-0.2, -0.15) is 0 Å². The molecule has 172 valence electrons. The largest absolute Gasteiger partial charge is 0.493 e. The second kappa shape index (κ2) is 10.3. The van der Waals surface area contributed by atoms with Crippen molar-refractivity contribution >= 4 is 63.8 Å². The molecule has 0 bridgehead atoms. The van der Waals surface area contributed by atoms with Crippen molar-refractivity contribution in [2.45, 2.75) is 6.61 Å². The number of nitrogens with one attached hydrogen (secondary N) is 1. The summed E-state index contributed by atoms with van der Waals surface area (Å²) in [6.45, 7) is 0.352. The fourth-order valence-corrected chi connectivity index (χ4v) is 3.85. The van der Waals surface area contributed by atoms with E-state index in [9.17, 15) is 14.4 Å². The molecule has 3 aromatic rings. The Kier molecular flexibility index (Phi) is 7.18. The first kappa shape index (κ1) is 23.8. The van der Waals surface area contributed by atoms with Crippen LogP contribution in [0.1, 0.15) is 11.1 Å². The van der Waals surface area contributed by atoms with Gasteiger partial charge in [0.25, 0.3) is 11.8 Å². The molecule has 0 aliphatic carbocycles. The van der Waals surface area contributed by atoms with Gasteiger partial charge in [-0.05, 0) is 82.3 Å². The van der Waals surface area contributed by atoms with Crippen molar-refractivity contribution in [2.75, 3.05) is 12.0 Å². The second-order valence-corrected chi connectivity index (χ2v) is 8.95. The SMILES string of the molecule is COc1cc(/C=C2\C(=O)NC(=O)N(c3cccc(Cl)c3)C2=O)ccc1OCc1ccc(I)cc1. The Bertz CT molecular complexity index is 1310. The van der Waals surface area contributed by atoms with Gasteiger partial charge in [-0.3, -0.25) is 14.9 Å². The number of benzene rings is 3. The Morgan fingerprint density at radius 2 is 1.76 bits per heavy atom. The van der Waals surface area contributed by atoms with Crippen molar-refractivity contribution < 1.29 is 23.9 Å². The first-order valence-corrected chi connectivity index (χ1v) is 11.5. The van der Waals surface area contributed by atoms with E-state index in [1.165, 1.54) is 19.3 Å². The molecule has 0 unspecified atom stereocenters. The minimum atomic E-state index is -0.841. The topological polar surface area (TPSA) is 84.9 Å². The van der Waals surface area contributed by atoms with Crippen molar-refractivity contribution in [3.8, 4) is 11.5 Å². The van der Waals surface area contributed by atoms with Gasteiger partial charge >= 0.3 is 6.03 Å². The van der Waals surface area contributed by atoms with Crippen molar-refractivity contribution in [1.82, 2.24) is 5.32 Å². The Morgan fingerprint density at radius 3 is 2.47 bits per heavy atom. The molecular formula is C25H18ClIN2O5. The molecule has 0 atom stereocenters. The number of imide groups is 2. The van der Waals surface area contributed by atoms with Gasteiger partial charge < -0.3 is 9.47 Å². The predicted octanol–water partition coefficient (Wildman–Crippen LogP) is 5.20. The zero-order chi connectivity index (χ0) is 24.2. The molecule has 1 aliphatic heterocycles. The summed E-state index contributed by atoms with van der Waals surface area (Å²) in [5.41, 5.74) is 1.58. The minimum Gasteiger partial charge on any atom is -0.493 e. The maximum absolute atomic E-state index is 13.0. The third-order valence-electron chi connectivity index (χ3n) is 4.97. The van der Waals surface area contributed by atoms with Gasteiger partial charge in [0.1, 0.15) is 12.2 Å². The number of carbonyl (C=O) groups is 3. The normalized spacial score (nSPS) is 14.9. The Morgan fingerprint density at radius 1 is 1.00 bits per heavy atom. The van der Waals surface area contributed by atoms with Gasteiger partial charge in [0.05, 0.1) is 12.8 Å². The lowest BCUT2D eigenvalue weighted by Gasteiger charge is -2.26. The van der Waals surface area contributed by atoms with Crippen LogP contribution in [0.25, 0.3) is 6.08 Å². The predicted molar refractivity (Wildman–Crippen MR) is 137 cm³/mol. The van der Waals surface area contributed by atoms with Gasteiger partial charge in [-0.1, -0.05) is 35.9 Å². The van der Waals surface area contributed by atoms with Crippen molar-refractivity contribution in [3.05, 3.63) is 92.0 Å². The highest BCUT2D eigenvalue weighted by Crippen LogP contribution is 2.31. The van der Waals surface area contributed by atoms with Crippen LogP contribution in [0.4, 0.5) is 10.5 Å². The molecule has 3 aromatic carbocycles. The number of ether oxygens (including phenoxy) is 2. The summed E-state index contributed by atoms with van der Waals surface area (Å²) in [5.74, 6) is -0.593. The van der Waals surface area contributed by atoms with Crippen molar-refractivity contribution in [1.29, 1.82) is 0 Å². The number of hydrogen-bond donors (Lipinski definition) is 1. The highest BCUT2D eigenvalue weighted by Gasteiger charge is 2.36. The summed E-state index contributed by atoms with van der Waals surface area (Å²) in [6, 6.07) is 18.4. The Balaban J connectivity index is 1.59. The molecule has 0 aromatic heterocycles. The summed E-state index contributed by atoms with van der Waals surface area (Å²) in [5, 5.41) is 2.54. The molecule has 1 N–H and O–H groups in total. The number of carbonyl (C=O) groups excluding carboxylic acids is 3. The van der Waals surface area contributed by atoms with E-state index in [4.69, 9.17) is 21.1 Å². The molecule has 0 saturated carbocycles. The molecule has 1 fully saturated rings. The lowest BCUT2D eigenvalue weighted by Crippen LogP contribution is -2.54. The van der Waals surface area contributed by atoms with Crippen LogP contribution in [0.5, 0.6) is 11.5 Å². The fraction of sp³-hybridized carbons (Fsp3) is 0.0800. The smallest absolute Gasteiger partial charge is 0.335 e. The summed E-state index contributed by atoms with van der Waals surface area (Å²) in [6.07, 6.45) is 1.40. The van der Waals surface area contributed by atoms with Gasteiger partial charge in [-0.25, -0.2) is 9.69 Å². The average molecular weight is 589 g/mol. The number of rotatable bonds is 6. The molecular weight excluding hydrogens is 571 g/mol. The highest BCUT2D eigenvalue weighted by atomic mass is 127. The van der Waals surface area contributed by atoms with Crippen LogP contribution in [0.2, 0.25) is 5.02 Å². The molecule has 1 saturated heterocycles. The maximum Gasteiger partial charge on any atom is 0.335 e. The van der Waals surface area contributed by atoms with E-state index in [1.54, 1.807) is 36.4 Å². The third kappa shape index (κ3) is 5.23.